The maximum absolute atomic E-state index is 13.3. The molecule has 0 radical (unpaired) electrons. The van der Waals surface area contributed by atoms with Gasteiger partial charge in [0.1, 0.15) is 10.5 Å². The zero-order chi connectivity index (χ0) is 23.5. The highest BCUT2D eigenvalue weighted by Gasteiger charge is 2.23. The Labute approximate surface area is 200 Å². The lowest BCUT2D eigenvalue weighted by atomic mass is 10.00. The third-order valence-corrected chi connectivity index (χ3v) is 7.77. The number of nitrogens with zero attached hydrogens (tertiary/aromatic N) is 4. The number of fused-ring (bicyclic) bond motifs is 1. The van der Waals surface area contributed by atoms with Crippen molar-refractivity contribution >= 4 is 44.5 Å². The van der Waals surface area contributed by atoms with Crippen LogP contribution in [0.3, 0.4) is 0 Å². The number of carbonyl (C=O) groups excluding carboxylic acids is 1. The van der Waals surface area contributed by atoms with E-state index in [-0.39, 0.29) is 29.1 Å². The lowest BCUT2D eigenvalue weighted by Crippen LogP contribution is -2.32. The maximum atomic E-state index is 13.3. The van der Waals surface area contributed by atoms with Crippen LogP contribution in [0.15, 0.2) is 34.2 Å². The molecule has 0 atom stereocenters. The van der Waals surface area contributed by atoms with Crippen molar-refractivity contribution in [2.24, 2.45) is 5.92 Å². The van der Waals surface area contributed by atoms with Crippen LogP contribution >= 0.6 is 23.1 Å². The van der Waals surface area contributed by atoms with E-state index in [2.05, 4.69) is 27.1 Å². The van der Waals surface area contributed by atoms with Gasteiger partial charge in [-0.1, -0.05) is 42.2 Å². The number of piperidine rings is 1. The number of aromatic nitrogens is 3. The standard InChI is InChI=1S/C23H28FN5O2S2/c1-14(2)29-21(31)19-20(26-22(33-19)28-10-8-15(3)9-11-28)27-23(29)32-13-18(30)25-12-16-4-6-17(24)7-5-16/h4-7,14-15H,8-13H2,1-3H3,(H,25,30). The number of rotatable bonds is 7. The molecular weight excluding hydrogens is 461 g/mol. The van der Waals surface area contributed by atoms with Crippen LogP contribution in [0.4, 0.5) is 9.52 Å². The molecule has 3 heterocycles. The van der Waals surface area contributed by atoms with Gasteiger partial charge in [-0.3, -0.25) is 14.2 Å². The molecule has 0 saturated carbocycles. The molecule has 3 aromatic rings. The number of hydrogen-bond donors (Lipinski definition) is 1. The Morgan fingerprint density at radius 3 is 2.61 bits per heavy atom. The largest absolute Gasteiger partial charge is 0.351 e. The maximum Gasteiger partial charge on any atom is 0.274 e. The van der Waals surface area contributed by atoms with Gasteiger partial charge in [-0.2, -0.15) is 4.98 Å². The van der Waals surface area contributed by atoms with Crippen LogP contribution in [0.25, 0.3) is 10.3 Å². The molecule has 1 saturated heterocycles. The molecule has 0 bridgehead atoms. The van der Waals surface area contributed by atoms with Crippen LogP contribution in [-0.4, -0.2) is 39.3 Å². The number of amides is 1. The van der Waals surface area contributed by atoms with Gasteiger partial charge in [-0.05, 0) is 50.3 Å². The quantitative estimate of drug-likeness (QED) is 0.395. The smallest absolute Gasteiger partial charge is 0.274 e. The summed E-state index contributed by atoms with van der Waals surface area (Å²) >= 11 is 2.63. The minimum absolute atomic E-state index is 0.0967. The second-order valence-corrected chi connectivity index (χ2v) is 10.6. The fourth-order valence-corrected chi connectivity index (χ4v) is 5.67. The van der Waals surface area contributed by atoms with Gasteiger partial charge in [0, 0.05) is 25.7 Å². The lowest BCUT2D eigenvalue weighted by Gasteiger charge is -2.29. The molecule has 4 rings (SSSR count). The van der Waals surface area contributed by atoms with Gasteiger partial charge >= 0.3 is 0 Å². The average Bonchev–Trinajstić information content (AvgIpc) is 3.22. The van der Waals surface area contributed by atoms with Crippen LogP contribution in [0, 0.1) is 11.7 Å². The molecule has 1 fully saturated rings. The molecule has 0 aliphatic carbocycles. The van der Waals surface area contributed by atoms with Crippen molar-refractivity contribution in [1.82, 2.24) is 19.9 Å². The highest BCUT2D eigenvalue weighted by molar-refractivity contribution is 7.99. The van der Waals surface area contributed by atoms with E-state index in [0.717, 1.165) is 36.6 Å². The van der Waals surface area contributed by atoms with E-state index in [1.54, 1.807) is 16.7 Å². The van der Waals surface area contributed by atoms with Crippen molar-refractivity contribution in [3.05, 3.63) is 46.0 Å². The number of nitrogens with one attached hydrogen (secondary N) is 1. The van der Waals surface area contributed by atoms with Crippen LogP contribution in [0.5, 0.6) is 0 Å². The van der Waals surface area contributed by atoms with Gasteiger partial charge in [0.15, 0.2) is 15.9 Å². The summed E-state index contributed by atoms with van der Waals surface area (Å²) in [5.74, 6) is 0.334. The van der Waals surface area contributed by atoms with E-state index in [1.165, 1.54) is 35.2 Å². The number of anilines is 1. The van der Waals surface area contributed by atoms with Crippen molar-refractivity contribution in [2.75, 3.05) is 23.7 Å². The molecule has 33 heavy (non-hydrogen) atoms. The summed E-state index contributed by atoms with van der Waals surface area (Å²) < 4.78 is 15.2. The SMILES string of the molecule is CC1CCN(c2nc3nc(SCC(=O)NCc4ccc(F)cc4)n(C(C)C)c(=O)c3s2)CC1. The molecule has 1 N–H and O–H groups in total. The third-order valence-electron chi connectivity index (χ3n) is 5.72. The first-order valence-corrected chi connectivity index (χ1v) is 12.9. The molecule has 7 nitrogen and oxygen atoms in total. The molecule has 10 heteroatoms. The minimum atomic E-state index is -0.311. The molecule has 1 aromatic carbocycles. The van der Waals surface area contributed by atoms with E-state index < -0.39 is 0 Å². The minimum Gasteiger partial charge on any atom is -0.351 e. The molecule has 176 valence electrons. The third kappa shape index (κ3) is 5.55. The highest BCUT2D eigenvalue weighted by Crippen LogP contribution is 2.31. The average molecular weight is 490 g/mol. The number of carbonyl (C=O) groups is 1. The van der Waals surface area contributed by atoms with Gasteiger partial charge < -0.3 is 10.2 Å². The summed E-state index contributed by atoms with van der Waals surface area (Å²) in [6.45, 7) is 8.32. The van der Waals surface area contributed by atoms with Crippen molar-refractivity contribution in [1.29, 1.82) is 0 Å². The predicted molar refractivity (Wildman–Crippen MR) is 132 cm³/mol. The van der Waals surface area contributed by atoms with Gasteiger partial charge in [0.25, 0.3) is 5.56 Å². The van der Waals surface area contributed by atoms with E-state index in [9.17, 15) is 14.0 Å². The van der Waals surface area contributed by atoms with E-state index in [1.807, 2.05) is 13.8 Å². The Balaban J connectivity index is 1.49. The summed E-state index contributed by atoms with van der Waals surface area (Å²) in [7, 11) is 0. The van der Waals surface area contributed by atoms with E-state index >= 15 is 0 Å². The number of thioether (sulfide) groups is 1. The Morgan fingerprint density at radius 1 is 1.24 bits per heavy atom. The first kappa shape index (κ1) is 23.7. The Hall–Kier alpha value is -2.46. The number of benzene rings is 1. The predicted octanol–water partition coefficient (Wildman–Crippen LogP) is 4.22. The fraction of sp³-hybridized carbons (Fsp3) is 0.478. The van der Waals surface area contributed by atoms with Gasteiger partial charge in [0.2, 0.25) is 5.91 Å². The van der Waals surface area contributed by atoms with Crippen molar-refractivity contribution < 1.29 is 9.18 Å². The Bertz CT molecular complexity index is 1180. The van der Waals surface area contributed by atoms with Crippen LogP contribution < -0.4 is 15.8 Å². The second kappa shape index (κ2) is 10.2. The zero-order valence-corrected chi connectivity index (χ0v) is 20.6. The molecule has 0 unspecified atom stereocenters. The van der Waals surface area contributed by atoms with Gasteiger partial charge in [-0.15, -0.1) is 0 Å². The number of thiazole rings is 1. The Morgan fingerprint density at radius 2 is 1.94 bits per heavy atom. The van der Waals surface area contributed by atoms with E-state index in [4.69, 9.17) is 0 Å². The number of halogens is 1. The molecule has 1 aliphatic rings. The highest BCUT2D eigenvalue weighted by atomic mass is 32.2. The summed E-state index contributed by atoms with van der Waals surface area (Å²) in [4.78, 5) is 37.2. The molecule has 0 spiro atoms. The van der Waals surface area contributed by atoms with Crippen LogP contribution in [0.1, 0.15) is 45.2 Å². The lowest BCUT2D eigenvalue weighted by molar-refractivity contribution is -0.118. The first-order valence-electron chi connectivity index (χ1n) is 11.1. The topological polar surface area (TPSA) is 80.1 Å². The van der Waals surface area contributed by atoms with E-state index in [0.29, 0.717) is 28.0 Å². The zero-order valence-electron chi connectivity index (χ0n) is 19.0. The van der Waals surface area contributed by atoms with Crippen molar-refractivity contribution in [3.8, 4) is 0 Å². The van der Waals surface area contributed by atoms with Crippen LogP contribution in [-0.2, 0) is 11.3 Å². The normalized spacial score (nSPS) is 14.9. The summed E-state index contributed by atoms with van der Waals surface area (Å²) in [5.41, 5.74) is 1.15. The Kier molecular flexibility index (Phi) is 7.33. The first-order chi connectivity index (χ1) is 15.8. The van der Waals surface area contributed by atoms with Crippen molar-refractivity contribution in [2.45, 2.75) is 51.4 Å². The molecule has 1 aliphatic heterocycles. The monoisotopic (exact) mass is 489 g/mol. The molecule has 2 aromatic heterocycles. The molecule has 1 amide bonds. The van der Waals surface area contributed by atoms with Gasteiger partial charge in [-0.25, -0.2) is 9.37 Å². The van der Waals surface area contributed by atoms with Crippen LogP contribution in [0.2, 0.25) is 0 Å². The number of hydrogen-bond acceptors (Lipinski definition) is 7. The second-order valence-electron chi connectivity index (χ2n) is 8.67. The molecular formula is C23H28FN5O2S2. The summed E-state index contributed by atoms with van der Waals surface area (Å²) in [6, 6.07) is 5.90. The summed E-state index contributed by atoms with van der Waals surface area (Å²) in [6.07, 6.45) is 2.24. The fourth-order valence-electron chi connectivity index (χ4n) is 3.73. The van der Waals surface area contributed by atoms with Gasteiger partial charge in [0.05, 0.1) is 5.75 Å². The summed E-state index contributed by atoms with van der Waals surface area (Å²) in [5, 5.41) is 4.16. The van der Waals surface area contributed by atoms with Crippen molar-refractivity contribution in [3.63, 3.8) is 0 Å².